The summed E-state index contributed by atoms with van der Waals surface area (Å²) in [5.74, 6) is 1.05. The van der Waals surface area contributed by atoms with Crippen LogP contribution in [0.15, 0.2) is 35.6 Å². The summed E-state index contributed by atoms with van der Waals surface area (Å²) in [6.45, 7) is 1.62. The lowest BCUT2D eigenvalue weighted by Gasteiger charge is -2.22. The molecule has 2 aromatic rings. The van der Waals surface area contributed by atoms with Gasteiger partial charge in [0.1, 0.15) is 5.65 Å². The molecule has 108 valence electrons. The summed E-state index contributed by atoms with van der Waals surface area (Å²) < 4.78 is 13.4. The summed E-state index contributed by atoms with van der Waals surface area (Å²) in [4.78, 5) is 4.29. The first-order valence-corrected chi connectivity index (χ1v) is 8.20. The molecule has 0 aliphatic carbocycles. The lowest BCUT2D eigenvalue weighted by atomic mass is 10.2. The van der Waals surface area contributed by atoms with Crippen molar-refractivity contribution in [3.05, 3.63) is 30.6 Å². The first-order chi connectivity index (χ1) is 9.93. The minimum atomic E-state index is 0.0332. The number of rotatable bonds is 6. The van der Waals surface area contributed by atoms with E-state index in [9.17, 15) is 0 Å². The fourth-order valence-corrected chi connectivity index (χ4v) is 3.27. The normalized spacial score (nSPS) is 19.5. The molecule has 0 spiro atoms. The predicted molar refractivity (Wildman–Crippen MR) is 80.1 cm³/mol. The van der Waals surface area contributed by atoms with Crippen LogP contribution in [-0.4, -0.2) is 34.6 Å². The quantitative estimate of drug-likeness (QED) is 0.604. The van der Waals surface area contributed by atoms with Gasteiger partial charge in [-0.15, -0.1) is 11.8 Å². The zero-order valence-corrected chi connectivity index (χ0v) is 12.3. The van der Waals surface area contributed by atoms with Gasteiger partial charge in [0.2, 0.25) is 0 Å². The van der Waals surface area contributed by atoms with Gasteiger partial charge in [0.15, 0.2) is 6.29 Å². The molecular formula is C15H20N2O2S. The maximum absolute atomic E-state index is 5.74. The number of nitrogens with zero attached hydrogens (tertiary/aromatic N) is 2. The van der Waals surface area contributed by atoms with E-state index in [-0.39, 0.29) is 6.29 Å². The van der Waals surface area contributed by atoms with Crippen LogP contribution in [0.5, 0.6) is 0 Å². The summed E-state index contributed by atoms with van der Waals surface area (Å²) >= 11 is 1.84. The summed E-state index contributed by atoms with van der Waals surface area (Å²) in [5.41, 5.74) is 1.00. The van der Waals surface area contributed by atoms with Crippen molar-refractivity contribution in [2.24, 2.45) is 0 Å². The van der Waals surface area contributed by atoms with Crippen molar-refractivity contribution in [2.75, 3.05) is 19.0 Å². The maximum Gasteiger partial charge on any atom is 0.157 e. The fraction of sp³-hybridized carbons (Fsp3) is 0.533. The Morgan fingerprint density at radius 3 is 3.30 bits per heavy atom. The van der Waals surface area contributed by atoms with Crippen LogP contribution in [0.2, 0.25) is 0 Å². The van der Waals surface area contributed by atoms with Crippen LogP contribution in [0.4, 0.5) is 0 Å². The molecule has 5 heteroatoms. The Bertz CT molecular complexity index is 537. The smallest absolute Gasteiger partial charge is 0.157 e. The van der Waals surface area contributed by atoms with Crippen LogP contribution in [0, 0.1) is 0 Å². The van der Waals surface area contributed by atoms with Gasteiger partial charge in [0.05, 0.1) is 11.6 Å². The Kier molecular flexibility index (Phi) is 4.95. The largest absolute Gasteiger partial charge is 0.353 e. The highest BCUT2D eigenvalue weighted by Crippen LogP contribution is 2.20. The minimum Gasteiger partial charge on any atom is -0.353 e. The van der Waals surface area contributed by atoms with Crippen molar-refractivity contribution in [3.63, 3.8) is 0 Å². The molecule has 1 unspecified atom stereocenters. The number of thioether (sulfide) groups is 1. The molecule has 0 saturated carbocycles. The van der Waals surface area contributed by atoms with Gasteiger partial charge in [-0.25, -0.2) is 4.98 Å². The Hall–Kier alpha value is -1.04. The molecule has 2 aromatic heterocycles. The number of pyridine rings is 1. The average molecular weight is 292 g/mol. The molecule has 1 aliphatic rings. The third-order valence-corrected chi connectivity index (χ3v) is 4.49. The number of fused-ring (bicyclic) bond motifs is 1. The number of hydrogen-bond acceptors (Lipinski definition) is 4. The highest BCUT2D eigenvalue weighted by molar-refractivity contribution is 7.99. The number of hydrogen-bond donors (Lipinski definition) is 0. The lowest BCUT2D eigenvalue weighted by molar-refractivity contribution is -0.162. The van der Waals surface area contributed by atoms with Crippen LogP contribution >= 0.6 is 11.8 Å². The van der Waals surface area contributed by atoms with Crippen molar-refractivity contribution in [2.45, 2.75) is 37.0 Å². The summed E-state index contributed by atoms with van der Waals surface area (Å²) in [7, 11) is 0. The van der Waals surface area contributed by atoms with E-state index in [1.807, 2.05) is 30.2 Å². The van der Waals surface area contributed by atoms with Crippen LogP contribution in [-0.2, 0) is 9.47 Å². The molecule has 0 N–H and O–H groups in total. The van der Waals surface area contributed by atoms with E-state index in [4.69, 9.17) is 9.47 Å². The molecule has 1 fully saturated rings. The van der Waals surface area contributed by atoms with Gasteiger partial charge in [-0.1, -0.05) is 6.07 Å². The predicted octanol–water partition coefficient (Wildman–Crippen LogP) is 3.36. The first kappa shape index (κ1) is 13.9. The molecule has 0 aromatic carbocycles. The second kappa shape index (κ2) is 7.11. The van der Waals surface area contributed by atoms with Crippen LogP contribution < -0.4 is 0 Å². The van der Waals surface area contributed by atoms with Gasteiger partial charge >= 0.3 is 0 Å². The van der Waals surface area contributed by atoms with Crippen molar-refractivity contribution < 1.29 is 9.47 Å². The number of ether oxygens (including phenoxy) is 2. The van der Waals surface area contributed by atoms with Crippen molar-refractivity contribution in [3.8, 4) is 0 Å². The van der Waals surface area contributed by atoms with E-state index in [2.05, 4.69) is 21.5 Å². The van der Waals surface area contributed by atoms with Crippen LogP contribution in [0.3, 0.4) is 0 Å². The summed E-state index contributed by atoms with van der Waals surface area (Å²) in [6.07, 6.45) is 8.35. The Morgan fingerprint density at radius 1 is 1.40 bits per heavy atom. The molecule has 0 bridgehead atoms. The second-order valence-electron chi connectivity index (χ2n) is 4.89. The van der Waals surface area contributed by atoms with E-state index < -0.39 is 0 Å². The molecule has 1 saturated heterocycles. The minimum absolute atomic E-state index is 0.0332. The van der Waals surface area contributed by atoms with Gasteiger partial charge < -0.3 is 9.47 Å². The van der Waals surface area contributed by atoms with Crippen molar-refractivity contribution >= 4 is 17.4 Å². The van der Waals surface area contributed by atoms with E-state index in [0.717, 1.165) is 37.5 Å². The van der Waals surface area contributed by atoms with E-state index >= 15 is 0 Å². The molecule has 1 atom stereocenters. The Morgan fingerprint density at radius 2 is 2.40 bits per heavy atom. The van der Waals surface area contributed by atoms with E-state index in [1.165, 1.54) is 17.9 Å². The standard InChI is InChI=1S/C15H20N2O2S/c1-2-10-18-15(7-1)19-11-4-12-20-14-6-3-5-13-16-8-9-17(13)14/h3,5-6,8-9,15H,1-2,4,7,10-12H2. The lowest BCUT2D eigenvalue weighted by Crippen LogP contribution is -2.22. The van der Waals surface area contributed by atoms with Gasteiger partial charge in [-0.05, 0) is 37.8 Å². The van der Waals surface area contributed by atoms with Gasteiger partial charge in [-0.2, -0.15) is 0 Å². The number of aromatic nitrogens is 2. The molecule has 4 nitrogen and oxygen atoms in total. The average Bonchev–Trinajstić information content (AvgIpc) is 2.97. The molecular weight excluding hydrogens is 272 g/mol. The topological polar surface area (TPSA) is 35.8 Å². The molecule has 0 radical (unpaired) electrons. The fourth-order valence-electron chi connectivity index (χ4n) is 2.33. The number of imidazole rings is 1. The van der Waals surface area contributed by atoms with Crippen molar-refractivity contribution in [1.29, 1.82) is 0 Å². The molecule has 0 amide bonds. The third kappa shape index (κ3) is 3.53. The van der Waals surface area contributed by atoms with Gasteiger partial charge in [0, 0.05) is 24.8 Å². The van der Waals surface area contributed by atoms with Crippen LogP contribution in [0.1, 0.15) is 25.7 Å². The molecule has 3 rings (SSSR count). The third-order valence-electron chi connectivity index (χ3n) is 3.37. The molecule has 20 heavy (non-hydrogen) atoms. The van der Waals surface area contributed by atoms with Crippen molar-refractivity contribution in [1.82, 2.24) is 9.38 Å². The van der Waals surface area contributed by atoms with E-state index in [1.54, 1.807) is 0 Å². The zero-order chi connectivity index (χ0) is 13.6. The SMILES string of the molecule is c1cc(SCCCOC2CCCCO2)n2ccnc2c1. The monoisotopic (exact) mass is 292 g/mol. The highest BCUT2D eigenvalue weighted by atomic mass is 32.2. The maximum atomic E-state index is 5.74. The van der Waals surface area contributed by atoms with Gasteiger partial charge in [0.25, 0.3) is 0 Å². The molecule has 1 aliphatic heterocycles. The zero-order valence-electron chi connectivity index (χ0n) is 11.5. The first-order valence-electron chi connectivity index (χ1n) is 7.21. The summed E-state index contributed by atoms with van der Waals surface area (Å²) in [5, 5.41) is 1.23. The summed E-state index contributed by atoms with van der Waals surface area (Å²) in [6, 6.07) is 6.20. The van der Waals surface area contributed by atoms with E-state index in [0.29, 0.717) is 0 Å². The molecule has 3 heterocycles. The Balaban J connectivity index is 1.40. The van der Waals surface area contributed by atoms with Crippen LogP contribution in [0.25, 0.3) is 5.65 Å². The Labute approximate surface area is 123 Å². The second-order valence-corrected chi connectivity index (χ2v) is 6.00. The highest BCUT2D eigenvalue weighted by Gasteiger charge is 2.13. The van der Waals surface area contributed by atoms with Gasteiger partial charge in [-0.3, -0.25) is 4.40 Å².